The summed E-state index contributed by atoms with van der Waals surface area (Å²) >= 11 is 4.46. The highest BCUT2D eigenvalue weighted by molar-refractivity contribution is 9.10. The molecule has 1 atom stereocenters. The summed E-state index contributed by atoms with van der Waals surface area (Å²) in [6, 6.07) is 10.4. The van der Waals surface area contributed by atoms with Crippen LogP contribution in [0.3, 0.4) is 0 Å². The quantitative estimate of drug-likeness (QED) is 0.419. The van der Waals surface area contributed by atoms with Gasteiger partial charge in [-0.25, -0.2) is 8.78 Å². The Balaban J connectivity index is 1.75. The molecule has 1 heterocycles. The maximum Gasteiger partial charge on any atom is 0.277 e. The highest BCUT2D eigenvalue weighted by atomic mass is 79.9. The lowest BCUT2D eigenvalue weighted by atomic mass is 10.1. The van der Waals surface area contributed by atoms with Gasteiger partial charge in [-0.05, 0) is 53.2 Å². The molecular formula is C17H11BrF2N2O2S. The number of hydrogen-bond donors (Lipinski definition) is 0. The van der Waals surface area contributed by atoms with Crippen LogP contribution in [0.1, 0.15) is 17.3 Å². The number of rotatable bonds is 5. The Morgan fingerprint density at radius 2 is 1.92 bits per heavy atom. The Morgan fingerprint density at radius 3 is 2.64 bits per heavy atom. The molecule has 0 aliphatic carbocycles. The zero-order valence-electron chi connectivity index (χ0n) is 12.9. The zero-order valence-corrected chi connectivity index (χ0v) is 15.3. The monoisotopic (exact) mass is 424 g/mol. The van der Waals surface area contributed by atoms with E-state index >= 15 is 0 Å². The maximum atomic E-state index is 13.3. The number of halogens is 3. The second kappa shape index (κ2) is 7.45. The third kappa shape index (κ3) is 3.96. The summed E-state index contributed by atoms with van der Waals surface area (Å²) in [5.41, 5.74) is 0.825. The summed E-state index contributed by atoms with van der Waals surface area (Å²) in [6.45, 7) is 1.64. The number of carbonyl (C=O) groups is 1. The van der Waals surface area contributed by atoms with E-state index in [0.29, 0.717) is 5.89 Å². The van der Waals surface area contributed by atoms with Crippen LogP contribution in [-0.2, 0) is 0 Å². The summed E-state index contributed by atoms with van der Waals surface area (Å²) in [4.78, 5) is 12.3. The summed E-state index contributed by atoms with van der Waals surface area (Å²) in [6.07, 6.45) is 0. The fourth-order valence-corrected chi connectivity index (χ4v) is 3.30. The van der Waals surface area contributed by atoms with Crippen molar-refractivity contribution in [2.75, 3.05) is 0 Å². The number of Topliss-reactive ketones (excluding diaryl/α,β-unsaturated/α-hetero) is 1. The highest BCUT2D eigenvalue weighted by Gasteiger charge is 2.21. The summed E-state index contributed by atoms with van der Waals surface area (Å²) in [7, 11) is 0. The van der Waals surface area contributed by atoms with E-state index in [1.165, 1.54) is 6.07 Å². The van der Waals surface area contributed by atoms with Gasteiger partial charge < -0.3 is 4.42 Å². The second-order valence-electron chi connectivity index (χ2n) is 5.11. The van der Waals surface area contributed by atoms with E-state index in [-0.39, 0.29) is 16.6 Å². The number of ketones is 1. The Hall–Kier alpha value is -2.06. The molecule has 3 aromatic rings. The van der Waals surface area contributed by atoms with Gasteiger partial charge in [0.05, 0.1) is 10.8 Å². The van der Waals surface area contributed by atoms with Crippen molar-refractivity contribution in [2.45, 2.75) is 17.4 Å². The Bertz CT molecular complexity index is 933. The van der Waals surface area contributed by atoms with Crippen LogP contribution in [0.5, 0.6) is 0 Å². The van der Waals surface area contributed by atoms with Crippen LogP contribution in [-0.4, -0.2) is 21.2 Å². The van der Waals surface area contributed by atoms with Gasteiger partial charge in [0.15, 0.2) is 17.4 Å². The van der Waals surface area contributed by atoms with Gasteiger partial charge in [0.2, 0.25) is 5.89 Å². The van der Waals surface area contributed by atoms with Crippen molar-refractivity contribution in [2.24, 2.45) is 0 Å². The smallest absolute Gasteiger partial charge is 0.277 e. The Kier molecular flexibility index (Phi) is 5.29. The van der Waals surface area contributed by atoms with Gasteiger partial charge in [0, 0.05) is 10.0 Å². The molecule has 2 aromatic carbocycles. The molecule has 0 bridgehead atoms. The molecule has 8 heteroatoms. The van der Waals surface area contributed by atoms with E-state index in [9.17, 15) is 13.6 Å². The van der Waals surface area contributed by atoms with Gasteiger partial charge in [0.25, 0.3) is 5.22 Å². The van der Waals surface area contributed by atoms with E-state index in [1.54, 1.807) is 6.92 Å². The SMILES string of the molecule is CC(Sc1nnc(-c2ccccc2Br)o1)C(=O)c1ccc(F)c(F)c1. The maximum absolute atomic E-state index is 13.3. The Morgan fingerprint density at radius 1 is 1.16 bits per heavy atom. The van der Waals surface area contributed by atoms with Gasteiger partial charge in [0.1, 0.15) is 0 Å². The van der Waals surface area contributed by atoms with Crippen LogP contribution in [0, 0.1) is 11.6 Å². The zero-order chi connectivity index (χ0) is 18.0. The topological polar surface area (TPSA) is 56.0 Å². The van der Waals surface area contributed by atoms with Crippen molar-refractivity contribution in [3.05, 3.63) is 64.1 Å². The molecule has 0 aliphatic rings. The fraction of sp³-hybridized carbons (Fsp3) is 0.118. The average Bonchev–Trinajstić information content (AvgIpc) is 3.05. The normalized spacial score (nSPS) is 12.2. The van der Waals surface area contributed by atoms with E-state index < -0.39 is 16.9 Å². The van der Waals surface area contributed by atoms with Crippen molar-refractivity contribution >= 4 is 33.5 Å². The molecule has 0 spiro atoms. The van der Waals surface area contributed by atoms with Crippen LogP contribution in [0.15, 0.2) is 56.6 Å². The van der Waals surface area contributed by atoms with Gasteiger partial charge >= 0.3 is 0 Å². The van der Waals surface area contributed by atoms with Gasteiger partial charge in [-0.2, -0.15) is 0 Å². The van der Waals surface area contributed by atoms with Crippen LogP contribution < -0.4 is 0 Å². The molecule has 1 aromatic heterocycles. The van der Waals surface area contributed by atoms with E-state index in [1.807, 2.05) is 24.3 Å². The molecule has 0 radical (unpaired) electrons. The number of aromatic nitrogens is 2. The molecule has 0 saturated heterocycles. The molecule has 0 fully saturated rings. The molecule has 128 valence electrons. The molecule has 0 amide bonds. The largest absolute Gasteiger partial charge is 0.411 e. The number of benzene rings is 2. The molecule has 0 saturated carbocycles. The van der Waals surface area contributed by atoms with Crippen LogP contribution in [0.4, 0.5) is 8.78 Å². The second-order valence-corrected chi connectivity index (χ2v) is 7.25. The molecule has 3 rings (SSSR count). The molecular weight excluding hydrogens is 414 g/mol. The predicted octanol–water partition coefficient (Wildman–Crippen LogP) is 5.14. The first-order valence-corrected chi connectivity index (χ1v) is 8.87. The summed E-state index contributed by atoms with van der Waals surface area (Å²) < 4.78 is 32.6. The van der Waals surface area contributed by atoms with Crippen molar-refractivity contribution in [3.63, 3.8) is 0 Å². The number of nitrogens with zero attached hydrogens (tertiary/aromatic N) is 2. The third-order valence-corrected chi connectivity index (χ3v) is 4.99. The first-order valence-electron chi connectivity index (χ1n) is 7.20. The van der Waals surface area contributed by atoms with Crippen molar-refractivity contribution in [3.8, 4) is 11.5 Å². The molecule has 0 aliphatic heterocycles. The van der Waals surface area contributed by atoms with Crippen LogP contribution >= 0.6 is 27.7 Å². The number of thioether (sulfide) groups is 1. The fourth-order valence-electron chi connectivity index (χ4n) is 2.09. The summed E-state index contributed by atoms with van der Waals surface area (Å²) in [5, 5.41) is 7.51. The molecule has 1 unspecified atom stereocenters. The highest BCUT2D eigenvalue weighted by Crippen LogP contribution is 2.31. The molecule has 0 N–H and O–H groups in total. The average molecular weight is 425 g/mol. The minimum Gasteiger partial charge on any atom is -0.411 e. The van der Waals surface area contributed by atoms with E-state index in [2.05, 4.69) is 26.1 Å². The summed E-state index contributed by atoms with van der Waals surface area (Å²) in [5.74, 6) is -2.09. The third-order valence-electron chi connectivity index (χ3n) is 3.36. The van der Waals surface area contributed by atoms with Crippen molar-refractivity contribution in [1.82, 2.24) is 10.2 Å². The molecule has 25 heavy (non-hydrogen) atoms. The van der Waals surface area contributed by atoms with Crippen molar-refractivity contribution < 1.29 is 18.0 Å². The number of carbonyl (C=O) groups excluding carboxylic acids is 1. The lowest BCUT2D eigenvalue weighted by Gasteiger charge is -2.07. The van der Waals surface area contributed by atoms with Crippen LogP contribution in [0.2, 0.25) is 0 Å². The van der Waals surface area contributed by atoms with Gasteiger partial charge in [-0.1, -0.05) is 23.9 Å². The van der Waals surface area contributed by atoms with E-state index in [0.717, 1.165) is 33.9 Å². The van der Waals surface area contributed by atoms with Crippen molar-refractivity contribution in [1.29, 1.82) is 0 Å². The first-order chi connectivity index (χ1) is 12.0. The van der Waals surface area contributed by atoms with Crippen LogP contribution in [0.25, 0.3) is 11.5 Å². The predicted molar refractivity (Wildman–Crippen MR) is 93.4 cm³/mol. The minimum atomic E-state index is -1.06. The van der Waals surface area contributed by atoms with E-state index in [4.69, 9.17) is 4.42 Å². The lowest BCUT2D eigenvalue weighted by Crippen LogP contribution is -2.14. The molecule has 4 nitrogen and oxygen atoms in total. The first kappa shape index (κ1) is 17.8. The van der Waals surface area contributed by atoms with Gasteiger partial charge in [-0.3, -0.25) is 4.79 Å². The Labute approximate surface area is 154 Å². The van der Waals surface area contributed by atoms with Gasteiger partial charge in [-0.15, -0.1) is 10.2 Å². The minimum absolute atomic E-state index is 0.0874. The number of hydrogen-bond acceptors (Lipinski definition) is 5. The standard InChI is InChI=1S/C17H11BrF2N2O2S/c1-9(15(23)10-6-7-13(19)14(20)8-10)25-17-22-21-16(24-17)11-4-2-3-5-12(11)18/h2-9H,1H3. The lowest BCUT2D eigenvalue weighted by molar-refractivity contribution is 0.0993.